The van der Waals surface area contributed by atoms with Crippen LogP contribution in [0, 0.1) is 0 Å². The Morgan fingerprint density at radius 3 is 2.75 bits per heavy atom. The molecule has 86 valence electrons. The SMILES string of the molecule is C[C@H]1CN(C)C(=O)ON1Cc1ccccc1. The largest absolute Gasteiger partial charge is 0.428 e. The molecular formula is C12H16N2O2. The van der Waals surface area contributed by atoms with E-state index < -0.39 is 0 Å². The van der Waals surface area contributed by atoms with Gasteiger partial charge in [-0.3, -0.25) is 0 Å². The lowest BCUT2D eigenvalue weighted by atomic mass is 10.2. The van der Waals surface area contributed by atoms with Crippen LogP contribution in [-0.2, 0) is 11.4 Å². The third kappa shape index (κ3) is 2.33. The highest BCUT2D eigenvalue weighted by Crippen LogP contribution is 2.15. The first-order chi connectivity index (χ1) is 7.66. The standard InChI is InChI=1S/C12H16N2O2/c1-10-8-13(2)12(15)16-14(10)9-11-6-4-3-5-7-11/h3-7,10H,8-9H2,1-2H3/t10-/m0/s1. The molecule has 4 nitrogen and oxygen atoms in total. The summed E-state index contributed by atoms with van der Waals surface area (Å²) in [6.07, 6.45) is -0.283. The van der Waals surface area contributed by atoms with Gasteiger partial charge in [0.05, 0.1) is 12.6 Å². The summed E-state index contributed by atoms with van der Waals surface area (Å²) in [4.78, 5) is 18.2. The molecule has 0 N–H and O–H groups in total. The number of hydroxylamine groups is 2. The summed E-state index contributed by atoms with van der Waals surface area (Å²) < 4.78 is 0. The Bertz CT molecular complexity index is 367. The Balaban J connectivity index is 2.02. The van der Waals surface area contributed by atoms with Crippen molar-refractivity contribution in [1.29, 1.82) is 0 Å². The number of hydrogen-bond donors (Lipinski definition) is 0. The third-order valence-electron chi connectivity index (χ3n) is 2.72. The Kier molecular flexibility index (Phi) is 3.10. The molecule has 0 aliphatic carbocycles. The van der Waals surface area contributed by atoms with Crippen LogP contribution in [0.5, 0.6) is 0 Å². The van der Waals surface area contributed by atoms with Crippen molar-refractivity contribution in [1.82, 2.24) is 9.96 Å². The van der Waals surface area contributed by atoms with Crippen molar-refractivity contribution in [3.8, 4) is 0 Å². The number of carbonyl (C=O) groups is 1. The van der Waals surface area contributed by atoms with E-state index in [-0.39, 0.29) is 12.1 Å². The molecule has 0 aromatic heterocycles. The van der Waals surface area contributed by atoms with Crippen molar-refractivity contribution in [2.24, 2.45) is 0 Å². The lowest BCUT2D eigenvalue weighted by Gasteiger charge is -2.36. The molecule has 1 aromatic carbocycles. The second-order valence-corrected chi connectivity index (χ2v) is 4.15. The van der Waals surface area contributed by atoms with Crippen molar-refractivity contribution in [2.75, 3.05) is 13.6 Å². The minimum Gasteiger partial charge on any atom is -0.350 e. The van der Waals surface area contributed by atoms with Gasteiger partial charge in [0.25, 0.3) is 0 Å². The predicted molar refractivity (Wildman–Crippen MR) is 60.6 cm³/mol. The number of likely N-dealkylation sites (N-methyl/N-ethyl adjacent to an activating group) is 1. The zero-order valence-electron chi connectivity index (χ0n) is 9.59. The molecule has 1 aliphatic rings. The van der Waals surface area contributed by atoms with Crippen LogP contribution in [0.4, 0.5) is 4.79 Å². The van der Waals surface area contributed by atoms with Crippen LogP contribution >= 0.6 is 0 Å². The highest BCUT2D eigenvalue weighted by atomic mass is 16.7. The van der Waals surface area contributed by atoms with Crippen molar-refractivity contribution < 1.29 is 9.63 Å². The predicted octanol–water partition coefficient (Wildman–Crippen LogP) is 1.87. The maximum Gasteiger partial charge on any atom is 0.428 e. The van der Waals surface area contributed by atoms with Gasteiger partial charge in [-0.15, -0.1) is 5.06 Å². The maximum atomic E-state index is 11.4. The zero-order chi connectivity index (χ0) is 11.5. The van der Waals surface area contributed by atoms with E-state index in [2.05, 4.69) is 0 Å². The summed E-state index contributed by atoms with van der Waals surface area (Å²) in [7, 11) is 1.75. The fourth-order valence-corrected chi connectivity index (χ4v) is 1.77. The van der Waals surface area contributed by atoms with Crippen LogP contribution in [0.1, 0.15) is 12.5 Å². The summed E-state index contributed by atoms with van der Waals surface area (Å²) in [6, 6.07) is 10.2. The molecule has 0 spiro atoms. The molecule has 1 amide bonds. The summed E-state index contributed by atoms with van der Waals surface area (Å²) in [5, 5.41) is 1.73. The Morgan fingerprint density at radius 1 is 1.38 bits per heavy atom. The average molecular weight is 220 g/mol. The summed E-state index contributed by atoms with van der Waals surface area (Å²) in [5.74, 6) is 0. The van der Waals surface area contributed by atoms with Crippen LogP contribution in [0.3, 0.4) is 0 Å². The molecule has 0 radical (unpaired) electrons. The van der Waals surface area contributed by atoms with Crippen LogP contribution in [-0.4, -0.2) is 35.7 Å². The first kappa shape index (κ1) is 11.0. The molecule has 0 saturated carbocycles. The quantitative estimate of drug-likeness (QED) is 0.762. The second kappa shape index (κ2) is 4.53. The minimum atomic E-state index is -0.283. The summed E-state index contributed by atoms with van der Waals surface area (Å²) in [5.41, 5.74) is 1.15. The molecule has 1 fully saturated rings. The van der Waals surface area contributed by atoms with Gasteiger partial charge in [-0.1, -0.05) is 30.3 Å². The lowest BCUT2D eigenvalue weighted by Crippen LogP contribution is -2.50. The molecule has 1 saturated heterocycles. The second-order valence-electron chi connectivity index (χ2n) is 4.15. The van der Waals surface area contributed by atoms with Gasteiger partial charge in [0.15, 0.2) is 0 Å². The third-order valence-corrected chi connectivity index (χ3v) is 2.72. The molecular weight excluding hydrogens is 204 g/mol. The van der Waals surface area contributed by atoms with Crippen molar-refractivity contribution >= 4 is 6.09 Å². The Hall–Kier alpha value is -1.55. The van der Waals surface area contributed by atoms with E-state index in [9.17, 15) is 4.79 Å². The number of benzene rings is 1. The van der Waals surface area contributed by atoms with Crippen LogP contribution < -0.4 is 0 Å². The molecule has 1 atom stereocenters. The monoisotopic (exact) mass is 220 g/mol. The summed E-state index contributed by atoms with van der Waals surface area (Å²) >= 11 is 0. The van der Waals surface area contributed by atoms with Crippen molar-refractivity contribution in [3.63, 3.8) is 0 Å². The average Bonchev–Trinajstić information content (AvgIpc) is 2.27. The van der Waals surface area contributed by atoms with Crippen LogP contribution in [0.2, 0.25) is 0 Å². The smallest absolute Gasteiger partial charge is 0.350 e. The normalized spacial score (nSPS) is 22.0. The fourth-order valence-electron chi connectivity index (χ4n) is 1.77. The fraction of sp³-hybridized carbons (Fsp3) is 0.417. The van der Waals surface area contributed by atoms with Gasteiger partial charge in [0, 0.05) is 13.6 Å². The minimum absolute atomic E-state index is 0.211. The van der Waals surface area contributed by atoms with Crippen molar-refractivity contribution in [2.45, 2.75) is 19.5 Å². The van der Waals surface area contributed by atoms with Gasteiger partial charge < -0.3 is 9.74 Å². The molecule has 4 heteroatoms. The number of hydrogen-bond acceptors (Lipinski definition) is 3. The molecule has 2 rings (SSSR count). The van der Waals surface area contributed by atoms with Crippen LogP contribution in [0.25, 0.3) is 0 Å². The highest BCUT2D eigenvalue weighted by molar-refractivity contribution is 5.67. The molecule has 1 aromatic rings. The van der Waals surface area contributed by atoms with Gasteiger partial charge in [-0.25, -0.2) is 4.79 Å². The number of rotatable bonds is 2. The number of carbonyl (C=O) groups excluding carboxylic acids is 1. The van der Waals surface area contributed by atoms with E-state index >= 15 is 0 Å². The van der Waals surface area contributed by atoms with Gasteiger partial charge in [-0.05, 0) is 12.5 Å². The van der Waals surface area contributed by atoms with E-state index in [1.165, 1.54) is 0 Å². The Morgan fingerprint density at radius 2 is 2.06 bits per heavy atom. The molecule has 16 heavy (non-hydrogen) atoms. The molecule has 1 aliphatic heterocycles. The topological polar surface area (TPSA) is 32.8 Å². The number of nitrogens with zero attached hydrogens (tertiary/aromatic N) is 2. The van der Waals surface area contributed by atoms with E-state index in [1.54, 1.807) is 17.0 Å². The molecule has 0 bridgehead atoms. The zero-order valence-corrected chi connectivity index (χ0v) is 9.59. The molecule has 0 unspecified atom stereocenters. The van der Waals surface area contributed by atoms with E-state index in [0.717, 1.165) is 5.56 Å². The van der Waals surface area contributed by atoms with Crippen LogP contribution in [0.15, 0.2) is 30.3 Å². The number of amides is 1. The van der Waals surface area contributed by atoms with Crippen molar-refractivity contribution in [3.05, 3.63) is 35.9 Å². The van der Waals surface area contributed by atoms with E-state index in [0.29, 0.717) is 13.1 Å². The van der Waals surface area contributed by atoms with Gasteiger partial charge in [0.2, 0.25) is 0 Å². The summed E-state index contributed by atoms with van der Waals surface area (Å²) in [6.45, 7) is 3.39. The van der Waals surface area contributed by atoms with Gasteiger partial charge >= 0.3 is 6.09 Å². The maximum absolute atomic E-state index is 11.4. The molecule has 1 heterocycles. The van der Waals surface area contributed by atoms with E-state index in [4.69, 9.17) is 4.84 Å². The van der Waals surface area contributed by atoms with Gasteiger partial charge in [0.1, 0.15) is 0 Å². The first-order valence-corrected chi connectivity index (χ1v) is 5.40. The van der Waals surface area contributed by atoms with Gasteiger partial charge in [-0.2, -0.15) is 0 Å². The highest BCUT2D eigenvalue weighted by Gasteiger charge is 2.28. The Labute approximate surface area is 95.4 Å². The van der Waals surface area contributed by atoms with E-state index in [1.807, 2.05) is 37.3 Å². The first-order valence-electron chi connectivity index (χ1n) is 5.40. The lowest BCUT2D eigenvalue weighted by molar-refractivity contribution is -0.170.